The van der Waals surface area contributed by atoms with Crippen LogP contribution in [-0.4, -0.2) is 22.6 Å². The molecule has 2 N–H and O–H groups in total. The van der Waals surface area contributed by atoms with Crippen LogP contribution in [-0.2, 0) is 4.74 Å². The molecule has 1 aromatic carbocycles. The average molecular weight is 338 g/mol. The topological polar surface area (TPSA) is 70.1 Å². The van der Waals surface area contributed by atoms with Crippen LogP contribution in [0.25, 0.3) is 0 Å². The van der Waals surface area contributed by atoms with Gasteiger partial charge in [-0.25, -0.2) is 9.78 Å². The van der Waals surface area contributed by atoms with Crippen molar-refractivity contribution in [3.63, 3.8) is 0 Å². The first-order valence-corrected chi connectivity index (χ1v) is 6.93. The van der Waals surface area contributed by atoms with E-state index in [0.717, 1.165) is 10.0 Å². The number of nitrogen functional groups attached to an aromatic ring is 1. The predicted molar refractivity (Wildman–Crippen MR) is 80.7 cm³/mol. The Morgan fingerprint density at radius 1 is 1.50 bits per heavy atom. The Morgan fingerprint density at radius 3 is 2.80 bits per heavy atom. The number of benzene rings is 1. The van der Waals surface area contributed by atoms with Crippen molar-refractivity contribution in [2.24, 2.45) is 0 Å². The molecule has 0 bridgehead atoms. The fraction of sp³-hybridized carbons (Fsp3) is 0.286. The zero-order valence-corrected chi connectivity index (χ0v) is 13.1. The first-order chi connectivity index (χ1) is 9.45. The summed E-state index contributed by atoms with van der Waals surface area (Å²) < 4.78 is 7.51. The number of nitrogens with two attached hydrogens (primary N) is 1. The molecule has 0 radical (unpaired) electrons. The van der Waals surface area contributed by atoms with Crippen LogP contribution in [0.3, 0.4) is 0 Å². The molecule has 0 fully saturated rings. The van der Waals surface area contributed by atoms with Gasteiger partial charge in [-0.3, -0.25) is 0 Å². The summed E-state index contributed by atoms with van der Waals surface area (Å²) in [5, 5.41) is 0. The molecule has 0 aliphatic rings. The zero-order chi connectivity index (χ0) is 14.9. The predicted octanol–water partition coefficient (Wildman–Crippen LogP) is 2.93. The Morgan fingerprint density at radius 2 is 2.20 bits per heavy atom. The van der Waals surface area contributed by atoms with E-state index < -0.39 is 5.97 Å². The van der Waals surface area contributed by atoms with Crippen molar-refractivity contribution in [1.82, 2.24) is 9.55 Å². The molecule has 0 amide bonds. The van der Waals surface area contributed by atoms with Gasteiger partial charge in [0.25, 0.3) is 0 Å². The summed E-state index contributed by atoms with van der Waals surface area (Å²) in [6.07, 6.45) is 0. The van der Waals surface area contributed by atoms with E-state index in [1.807, 2.05) is 42.7 Å². The standard InChI is InChI=1S/C14H16BrN3O2/c1-8(10-5-4-6-11(15)7-10)18-9(2)17-12(13(18)16)14(19)20-3/h4-8H,16H2,1-3H3. The van der Waals surface area contributed by atoms with Crippen LogP contribution in [0.5, 0.6) is 0 Å². The van der Waals surface area contributed by atoms with Gasteiger partial charge in [-0.15, -0.1) is 0 Å². The van der Waals surface area contributed by atoms with E-state index in [1.54, 1.807) is 0 Å². The number of carbonyl (C=O) groups is 1. The van der Waals surface area contributed by atoms with Crippen LogP contribution >= 0.6 is 15.9 Å². The smallest absolute Gasteiger partial charge is 0.360 e. The molecule has 0 spiro atoms. The molecule has 1 heterocycles. The number of rotatable bonds is 3. The third kappa shape index (κ3) is 2.56. The Bertz CT molecular complexity index is 652. The van der Waals surface area contributed by atoms with Crippen molar-refractivity contribution in [2.45, 2.75) is 19.9 Å². The van der Waals surface area contributed by atoms with E-state index in [-0.39, 0.29) is 11.7 Å². The number of carbonyl (C=O) groups excluding carboxylic acids is 1. The summed E-state index contributed by atoms with van der Waals surface area (Å²) in [5.74, 6) is 0.475. The van der Waals surface area contributed by atoms with Gasteiger partial charge >= 0.3 is 5.97 Å². The molecule has 2 aromatic rings. The highest BCUT2D eigenvalue weighted by Crippen LogP contribution is 2.27. The van der Waals surface area contributed by atoms with Gasteiger partial charge < -0.3 is 15.0 Å². The molecule has 0 aliphatic carbocycles. The van der Waals surface area contributed by atoms with E-state index in [2.05, 4.69) is 25.7 Å². The van der Waals surface area contributed by atoms with Gasteiger partial charge in [0.1, 0.15) is 11.6 Å². The number of methoxy groups -OCH3 is 1. The number of ether oxygens (including phenoxy) is 1. The van der Waals surface area contributed by atoms with E-state index in [0.29, 0.717) is 11.6 Å². The number of anilines is 1. The van der Waals surface area contributed by atoms with E-state index in [9.17, 15) is 4.79 Å². The maximum atomic E-state index is 11.6. The Hall–Kier alpha value is -1.82. The Labute approximate surface area is 125 Å². The van der Waals surface area contributed by atoms with Gasteiger partial charge in [-0.2, -0.15) is 0 Å². The lowest BCUT2D eigenvalue weighted by Crippen LogP contribution is -2.13. The van der Waals surface area contributed by atoms with Gasteiger partial charge in [-0.1, -0.05) is 28.1 Å². The molecule has 0 saturated carbocycles. The van der Waals surface area contributed by atoms with Crippen LogP contribution < -0.4 is 5.73 Å². The van der Waals surface area contributed by atoms with Gasteiger partial charge in [0.15, 0.2) is 5.69 Å². The third-order valence-corrected chi connectivity index (χ3v) is 3.71. The summed E-state index contributed by atoms with van der Waals surface area (Å²) in [6, 6.07) is 7.91. The molecule has 2 rings (SSSR count). The highest BCUT2D eigenvalue weighted by Gasteiger charge is 2.22. The number of imidazole rings is 1. The molecule has 5 nitrogen and oxygen atoms in total. The Balaban J connectivity index is 2.47. The molecule has 6 heteroatoms. The van der Waals surface area contributed by atoms with Crippen LogP contribution in [0.15, 0.2) is 28.7 Å². The minimum Gasteiger partial charge on any atom is -0.464 e. The molecule has 0 saturated heterocycles. The monoisotopic (exact) mass is 337 g/mol. The molecule has 1 atom stereocenters. The second-order valence-electron chi connectivity index (χ2n) is 4.49. The second-order valence-corrected chi connectivity index (χ2v) is 5.40. The van der Waals surface area contributed by atoms with E-state index in [1.165, 1.54) is 7.11 Å². The van der Waals surface area contributed by atoms with Crippen molar-refractivity contribution < 1.29 is 9.53 Å². The van der Waals surface area contributed by atoms with Crippen molar-refractivity contribution >= 4 is 27.7 Å². The van der Waals surface area contributed by atoms with Gasteiger partial charge in [0.2, 0.25) is 0 Å². The van der Waals surface area contributed by atoms with Crippen LogP contribution in [0.2, 0.25) is 0 Å². The first-order valence-electron chi connectivity index (χ1n) is 6.13. The number of aromatic nitrogens is 2. The van der Waals surface area contributed by atoms with Crippen molar-refractivity contribution in [3.8, 4) is 0 Å². The van der Waals surface area contributed by atoms with E-state index >= 15 is 0 Å². The fourth-order valence-electron chi connectivity index (χ4n) is 2.21. The lowest BCUT2D eigenvalue weighted by atomic mass is 10.1. The van der Waals surface area contributed by atoms with Gasteiger partial charge in [-0.05, 0) is 31.5 Å². The summed E-state index contributed by atoms with van der Waals surface area (Å²) in [6.45, 7) is 3.82. The van der Waals surface area contributed by atoms with Gasteiger partial charge in [0.05, 0.1) is 13.2 Å². The minimum atomic E-state index is -0.522. The first kappa shape index (κ1) is 14.6. The molecule has 0 aliphatic heterocycles. The largest absolute Gasteiger partial charge is 0.464 e. The zero-order valence-electron chi connectivity index (χ0n) is 11.6. The van der Waals surface area contributed by atoms with Crippen LogP contribution in [0, 0.1) is 6.92 Å². The number of nitrogens with zero attached hydrogens (tertiary/aromatic N) is 2. The lowest BCUT2D eigenvalue weighted by Gasteiger charge is -2.17. The summed E-state index contributed by atoms with van der Waals surface area (Å²) in [4.78, 5) is 15.8. The third-order valence-electron chi connectivity index (χ3n) is 3.22. The number of halogens is 1. The lowest BCUT2D eigenvalue weighted by molar-refractivity contribution is 0.0595. The second kappa shape index (κ2) is 5.66. The minimum absolute atomic E-state index is 0.0293. The quantitative estimate of drug-likeness (QED) is 0.874. The van der Waals surface area contributed by atoms with Crippen molar-refractivity contribution in [1.29, 1.82) is 0 Å². The number of esters is 1. The SMILES string of the molecule is COC(=O)c1nc(C)n(C(C)c2cccc(Br)c2)c1N. The summed E-state index contributed by atoms with van der Waals surface area (Å²) in [7, 11) is 1.31. The molecule has 1 unspecified atom stereocenters. The van der Waals surface area contributed by atoms with Crippen molar-refractivity contribution in [3.05, 3.63) is 45.8 Å². The fourth-order valence-corrected chi connectivity index (χ4v) is 2.63. The molecule has 20 heavy (non-hydrogen) atoms. The maximum Gasteiger partial charge on any atom is 0.360 e. The summed E-state index contributed by atoms with van der Waals surface area (Å²) in [5.41, 5.74) is 7.28. The molecule has 1 aromatic heterocycles. The highest BCUT2D eigenvalue weighted by molar-refractivity contribution is 9.10. The average Bonchev–Trinajstić information content (AvgIpc) is 2.72. The molecule has 106 valence electrons. The normalized spacial score (nSPS) is 12.2. The molecular weight excluding hydrogens is 322 g/mol. The highest BCUT2D eigenvalue weighted by atomic mass is 79.9. The Kier molecular flexibility index (Phi) is 4.13. The number of aryl methyl sites for hydroxylation is 1. The molecular formula is C14H16BrN3O2. The maximum absolute atomic E-state index is 11.6. The van der Waals surface area contributed by atoms with Crippen molar-refractivity contribution in [2.75, 3.05) is 12.8 Å². The van der Waals surface area contributed by atoms with E-state index in [4.69, 9.17) is 5.73 Å². The van der Waals surface area contributed by atoms with Crippen LogP contribution in [0.4, 0.5) is 5.82 Å². The van der Waals surface area contributed by atoms with Crippen LogP contribution in [0.1, 0.15) is 34.8 Å². The number of hydrogen-bond acceptors (Lipinski definition) is 4. The number of hydrogen-bond donors (Lipinski definition) is 1. The summed E-state index contributed by atoms with van der Waals surface area (Å²) >= 11 is 3.45. The van der Waals surface area contributed by atoms with Gasteiger partial charge in [0, 0.05) is 4.47 Å².